The Balaban J connectivity index is 1.49. The molecule has 0 saturated heterocycles. The summed E-state index contributed by atoms with van der Waals surface area (Å²) in [6.45, 7) is 4.04. The largest absolute Gasteiger partial charge is 0.432 e. The van der Waals surface area contributed by atoms with Crippen molar-refractivity contribution >= 4 is 17.4 Å². The van der Waals surface area contributed by atoms with Gasteiger partial charge in [0.15, 0.2) is 0 Å². The van der Waals surface area contributed by atoms with Gasteiger partial charge in [-0.25, -0.2) is 0 Å². The molecule has 0 spiro atoms. The lowest BCUT2D eigenvalue weighted by Gasteiger charge is -2.32. The Morgan fingerprint density at radius 1 is 1.50 bits per heavy atom. The number of hydrogen-bond donors (Lipinski definition) is 1. The van der Waals surface area contributed by atoms with Crippen LogP contribution < -0.4 is 10.2 Å². The van der Waals surface area contributed by atoms with E-state index in [9.17, 15) is 0 Å². The summed E-state index contributed by atoms with van der Waals surface area (Å²) in [5.41, 5.74) is 2.44. The van der Waals surface area contributed by atoms with Crippen molar-refractivity contribution in [2.75, 3.05) is 11.4 Å². The van der Waals surface area contributed by atoms with Crippen LogP contribution in [0.25, 0.3) is 0 Å². The highest BCUT2D eigenvalue weighted by Gasteiger charge is 2.28. The first-order chi connectivity index (χ1) is 9.81. The van der Waals surface area contributed by atoms with Gasteiger partial charge in [-0.2, -0.15) is 4.98 Å². The maximum absolute atomic E-state index is 5.70. The van der Waals surface area contributed by atoms with Gasteiger partial charge in [0.25, 0.3) is 6.01 Å². The lowest BCUT2D eigenvalue weighted by molar-refractivity contribution is 0.497. The van der Waals surface area contributed by atoms with Crippen LogP contribution in [0.1, 0.15) is 41.9 Å². The lowest BCUT2D eigenvalue weighted by atomic mass is 10.0. The van der Waals surface area contributed by atoms with Crippen LogP contribution in [0, 0.1) is 0 Å². The molecule has 1 N–H and O–H groups in total. The summed E-state index contributed by atoms with van der Waals surface area (Å²) in [5.74, 6) is 0. The Morgan fingerprint density at radius 3 is 3.25 bits per heavy atom. The second-order valence-electron chi connectivity index (χ2n) is 5.70. The summed E-state index contributed by atoms with van der Waals surface area (Å²) in [5, 5.41) is 5.66. The third-order valence-corrected chi connectivity index (χ3v) is 5.21. The van der Waals surface area contributed by atoms with Gasteiger partial charge >= 0.3 is 0 Å². The number of aromatic nitrogens is 1. The third-order valence-electron chi connectivity index (χ3n) is 4.21. The van der Waals surface area contributed by atoms with Gasteiger partial charge in [0, 0.05) is 24.0 Å². The van der Waals surface area contributed by atoms with Crippen LogP contribution in [0.5, 0.6) is 0 Å². The Bertz CT molecular complexity index is 602. The molecule has 1 atom stereocenters. The molecule has 0 amide bonds. The fraction of sp³-hybridized carbons (Fsp3) is 0.533. The average molecular weight is 289 g/mol. The molecule has 106 valence electrons. The minimum Gasteiger partial charge on any atom is -0.432 e. The fourth-order valence-corrected chi connectivity index (χ4v) is 3.78. The van der Waals surface area contributed by atoms with Crippen molar-refractivity contribution in [1.82, 2.24) is 10.3 Å². The standard InChI is InChI=1S/C15H19N3OS/c1-10-13-5-7-20-14(13)4-6-18(10)15-17-12(9-19-15)8-16-11-2-3-11/h5,7,9-11,16H,2-4,6,8H2,1H3. The number of oxazole rings is 1. The molecule has 1 fully saturated rings. The lowest BCUT2D eigenvalue weighted by Crippen LogP contribution is -2.33. The first-order valence-electron chi connectivity index (χ1n) is 7.32. The van der Waals surface area contributed by atoms with Crippen LogP contribution in [0.15, 0.2) is 22.1 Å². The third kappa shape index (κ3) is 2.25. The average Bonchev–Trinajstić information content (AvgIpc) is 2.98. The van der Waals surface area contributed by atoms with E-state index >= 15 is 0 Å². The molecule has 4 rings (SSSR count). The molecule has 1 aliphatic heterocycles. The summed E-state index contributed by atoms with van der Waals surface area (Å²) >= 11 is 1.86. The maximum atomic E-state index is 5.70. The highest BCUT2D eigenvalue weighted by molar-refractivity contribution is 7.10. The van der Waals surface area contributed by atoms with Crippen LogP contribution in [0.3, 0.4) is 0 Å². The zero-order valence-electron chi connectivity index (χ0n) is 11.6. The summed E-state index contributed by atoms with van der Waals surface area (Å²) in [6.07, 6.45) is 5.49. The highest BCUT2D eigenvalue weighted by atomic mass is 32.1. The SMILES string of the molecule is CC1c2ccsc2CCN1c1nc(CNC2CC2)co1. The second-order valence-corrected chi connectivity index (χ2v) is 6.70. The number of hydrogen-bond acceptors (Lipinski definition) is 5. The molecular weight excluding hydrogens is 270 g/mol. The van der Waals surface area contributed by atoms with E-state index in [1.54, 1.807) is 6.26 Å². The molecule has 1 saturated carbocycles. The summed E-state index contributed by atoms with van der Waals surface area (Å²) < 4.78 is 5.70. The van der Waals surface area contributed by atoms with E-state index in [1.807, 2.05) is 11.3 Å². The summed E-state index contributed by atoms with van der Waals surface area (Å²) in [4.78, 5) is 8.43. The Labute approximate surface area is 122 Å². The molecule has 1 unspecified atom stereocenters. The van der Waals surface area contributed by atoms with Crippen molar-refractivity contribution in [3.8, 4) is 0 Å². The molecule has 3 heterocycles. The van der Waals surface area contributed by atoms with Crippen molar-refractivity contribution < 1.29 is 4.42 Å². The molecule has 1 aliphatic carbocycles. The van der Waals surface area contributed by atoms with Crippen molar-refractivity contribution in [2.24, 2.45) is 0 Å². The molecule has 4 nitrogen and oxygen atoms in total. The van der Waals surface area contributed by atoms with E-state index < -0.39 is 0 Å². The molecule has 0 aromatic carbocycles. The number of fused-ring (bicyclic) bond motifs is 1. The van der Waals surface area contributed by atoms with E-state index in [2.05, 4.69) is 33.6 Å². The zero-order valence-corrected chi connectivity index (χ0v) is 12.4. The quantitative estimate of drug-likeness (QED) is 0.939. The zero-order chi connectivity index (χ0) is 13.5. The van der Waals surface area contributed by atoms with Crippen LogP contribution in [0.2, 0.25) is 0 Å². The first kappa shape index (κ1) is 12.4. The monoisotopic (exact) mass is 289 g/mol. The van der Waals surface area contributed by atoms with Crippen LogP contribution in [0.4, 0.5) is 6.01 Å². The van der Waals surface area contributed by atoms with Crippen LogP contribution in [-0.4, -0.2) is 17.6 Å². The smallest absolute Gasteiger partial charge is 0.297 e. The number of thiophene rings is 1. The van der Waals surface area contributed by atoms with Gasteiger partial charge in [-0.3, -0.25) is 0 Å². The predicted molar refractivity (Wildman–Crippen MR) is 80.1 cm³/mol. The number of nitrogens with one attached hydrogen (secondary N) is 1. The molecule has 20 heavy (non-hydrogen) atoms. The van der Waals surface area contributed by atoms with Crippen molar-refractivity contribution in [3.05, 3.63) is 33.8 Å². The van der Waals surface area contributed by atoms with Gasteiger partial charge < -0.3 is 14.6 Å². The van der Waals surface area contributed by atoms with Crippen molar-refractivity contribution in [3.63, 3.8) is 0 Å². The number of anilines is 1. The molecule has 5 heteroatoms. The molecule has 0 radical (unpaired) electrons. The molecular formula is C15H19N3OS. The summed E-state index contributed by atoms with van der Waals surface area (Å²) in [6, 6.07) is 4.06. The van der Waals surface area contributed by atoms with Gasteiger partial charge in [0.2, 0.25) is 0 Å². The van der Waals surface area contributed by atoms with Gasteiger partial charge in [-0.05, 0) is 43.2 Å². The fourth-order valence-electron chi connectivity index (χ4n) is 2.82. The Morgan fingerprint density at radius 2 is 2.40 bits per heavy atom. The van der Waals surface area contributed by atoms with Crippen molar-refractivity contribution in [1.29, 1.82) is 0 Å². The van der Waals surface area contributed by atoms with Gasteiger partial charge in [-0.1, -0.05) is 0 Å². The maximum Gasteiger partial charge on any atom is 0.297 e. The van der Waals surface area contributed by atoms with E-state index in [0.29, 0.717) is 12.1 Å². The van der Waals surface area contributed by atoms with E-state index in [4.69, 9.17) is 4.42 Å². The van der Waals surface area contributed by atoms with Crippen LogP contribution >= 0.6 is 11.3 Å². The highest BCUT2D eigenvalue weighted by Crippen LogP contribution is 2.35. The van der Waals surface area contributed by atoms with E-state index in [-0.39, 0.29) is 0 Å². The molecule has 0 bridgehead atoms. The summed E-state index contributed by atoms with van der Waals surface area (Å²) in [7, 11) is 0. The van der Waals surface area contributed by atoms with Gasteiger partial charge in [0.05, 0.1) is 11.7 Å². The normalized spacial score (nSPS) is 22.1. The van der Waals surface area contributed by atoms with Gasteiger partial charge in [-0.15, -0.1) is 11.3 Å². The van der Waals surface area contributed by atoms with Crippen LogP contribution in [-0.2, 0) is 13.0 Å². The molecule has 2 aromatic rings. The van der Waals surface area contributed by atoms with Crippen molar-refractivity contribution in [2.45, 2.75) is 44.8 Å². The molecule has 2 aromatic heterocycles. The minimum atomic E-state index is 0.355. The Hall–Kier alpha value is -1.33. The molecule has 2 aliphatic rings. The first-order valence-corrected chi connectivity index (χ1v) is 8.20. The second kappa shape index (κ2) is 4.90. The number of nitrogens with zero attached hydrogens (tertiary/aromatic N) is 2. The predicted octanol–water partition coefficient (Wildman–Crippen LogP) is 3.11. The van der Waals surface area contributed by atoms with Gasteiger partial charge in [0.1, 0.15) is 6.26 Å². The topological polar surface area (TPSA) is 41.3 Å². The Kier molecular flexibility index (Phi) is 3.04. The minimum absolute atomic E-state index is 0.355. The van der Waals surface area contributed by atoms with E-state index in [0.717, 1.165) is 31.2 Å². The van der Waals surface area contributed by atoms with E-state index in [1.165, 1.54) is 23.3 Å². The number of rotatable bonds is 4.